The van der Waals surface area contributed by atoms with E-state index in [9.17, 15) is 9.00 Å². The lowest BCUT2D eigenvalue weighted by molar-refractivity contribution is -0.113. The molecule has 18 heavy (non-hydrogen) atoms. The Morgan fingerprint density at radius 2 is 2.33 bits per heavy atom. The first-order valence-electron chi connectivity index (χ1n) is 5.20. The molecule has 7 heteroatoms. The quantitative estimate of drug-likeness (QED) is 0.876. The summed E-state index contributed by atoms with van der Waals surface area (Å²) in [6.45, 7) is 0. The van der Waals surface area contributed by atoms with Crippen molar-refractivity contribution >= 4 is 22.4 Å². The number of pyridine rings is 1. The summed E-state index contributed by atoms with van der Waals surface area (Å²) in [6.07, 6.45) is 8.03. The van der Waals surface area contributed by atoms with E-state index in [1.807, 2.05) is 6.07 Å². The number of carbonyl (C=O) groups excluding carboxylic acids is 1. The highest BCUT2D eigenvalue weighted by molar-refractivity contribution is 7.85. The number of rotatable bonds is 4. The van der Waals surface area contributed by atoms with E-state index in [1.54, 1.807) is 29.3 Å². The van der Waals surface area contributed by atoms with Crippen molar-refractivity contribution in [2.75, 3.05) is 17.3 Å². The molecule has 94 valence electrons. The van der Waals surface area contributed by atoms with E-state index in [0.29, 0.717) is 5.69 Å². The monoisotopic (exact) mass is 264 g/mol. The van der Waals surface area contributed by atoms with Gasteiger partial charge < -0.3 is 5.32 Å². The number of carbonyl (C=O) groups is 1. The zero-order valence-corrected chi connectivity index (χ0v) is 10.6. The van der Waals surface area contributed by atoms with Gasteiger partial charge in [0.1, 0.15) is 5.75 Å². The minimum atomic E-state index is -1.15. The van der Waals surface area contributed by atoms with E-state index in [4.69, 9.17) is 0 Å². The Bertz CT molecular complexity index is 567. The summed E-state index contributed by atoms with van der Waals surface area (Å²) >= 11 is 0. The molecule has 0 saturated carbocycles. The van der Waals surface area contributed by atoms with Crippen molar-refractivity contribution in [3.05, 3.63) is 36.9 Å². The Balaban J connectivity index is 2.07. The summed E-state index contributed by atoms with van der Waals surface area (Å²) < 4.78 is 12.5. The number of hydrogen-bond acceptors (Lipinski definition) is 4. The minimum absolute atomic E-state index is 0.0158. The van der Waals surface area contributed by atoms with Gasteiger partial charge in [-0.15, -0.1) is 0 Å². The third-order valence-electron chi connectivity index (χ3n) is 2.11. The van der Waals surface area contributed by atoms with Crippen molar-refractivity contribution in [1.29, 1.82) is 0 Å². The van der Waals surface area contributed by atoms with Crippen LogP contribution in [0.2, 0.25) is 0 Å². The summed E-state index contributed by atoms with van der Waals surface area (Å²) in [6, 6.07) is 3.65. The van der Waals surface area contributed by atoms with E-state index in [-0.39, 0.29) is 11.7 Å². The number of aromatic nitrogens is 3. The van der Waals surface area contributed by atoms with Crippen LogP contribution in [0.1, 0.15) is 0 Å². The van der Waals surface area contributed by atoms with Crippen molar-refractivity contribution in [2.45, 2.75) is 0 Å². The molecule has 1 amide bonds. The van der Waals surface area contributed by atoms with Crippen LogP contribution in [0.3, 0.4) is 0 Å². The predicted molar refractivity (Wildman–Crippen MR) is 68.9 cm³/mol. The van der Waals surface area contributed by atoms with Gasteiger partial charge in [-0.3, -0.25) is 14.0 Å². The molecule has 0 bridgehead atoms. The van der Waals surface area contributed by atoms with Crippen LogP contribution in [0.15, 0.2) is 36.9 Å². The summed E-state index contributed by atoms with van der Waals surface area (Å²) in [5, 5.41) is 6.73. The number of hydrogen-bond donors (Lipinski definition) is 1. The average Bonchev–Trinajstić information content (AvgIpc) is 2.77. The minimum Gasteiger partial charge on any atom is -0.323 e. The second-order valence-electron chi connectivity index (χ2n) is 3.65. The van der Waals surface area contributed by atoms with Gasteiger partial charge in [0.15, 0.2) is 0 Å². The maximum Gasteiger partial charge on any atom is 0.237 e. The van der Waals surface area contributed by atoms with Gasteiger partial charge in [0.2, 0.25) is 5.91 Å². The van der Waals surface area contributed by atoms with Crippen LogP contribution in [-0.4, -0.2) is 36.9 Å². The second kappa shape index (κ2) is 5.54. The largest absolute Gasteiger partial charge is 0.323 e. The number of nitrogens with one attached hydrogen (secondary N) is 1. The molecule has 1 unspecified atom stereocenters. The van der Waals surface area contributed by atoms with Gasteiger partial charge in [0.25, 0.3) is 0 Å². The van der Waals surface area contributed by atoms with E-state index >= 15 is 0 Å². The van der Waals surface area contributed by atoms with Crippen LogP contribution in [0.25, 0.3) is 5.69 Å². The highest BCUT2D eigenvalue weighted by Gasteiger charge is 2.06. The molecule has 0 aromatic carbocycles. The van der Waals surface area contributed by atoms with Gasteiger partial charge in [-0.2, -0.15) is 5.10 Å². The van der Waals surface area contributed by atoms with Crippen LogP contribution < -0.4 is 5.32 Å². The number of anilines is 1. The van der Waals surface area contributed by atoms with Gasteiger partial charge in [-0.25, -0.2) is 4.68 Å². The fourth-order valence-corrected chi connectivity index (χ4v) is 1.84. The van der Waals surface area contributed by atoms with Crippen LogP contribution in [-0.2, 0) is 15.6 Å². The molecular weight excluding hydrogens is 252 g/mol. The van der Waals surface area contributed by atoms with E-state index in [0.717, 1.165) is 5.69 Å². The summed E-state index contributed by atoms with van der Waals surface area (Å²) in [5.74, 6) is -0.306. The first-order valence-corrected chi connectivity index (χ1v) is 6.93. The zero-order chi connectivity index (χ0) is 13.0. The molecule has 0 spiro atoms. The van der Waals surface area contributed by atoms with Crippen molar-refractivity contribution in [2.24, 2.45) is 0 Å². The molecule has 0 aliphatic heterocycles. The van der Waals surface area contributed by atoms with Gasteiger partial charge >= 0.3 is 0 Å². The standard InChI is InChI=1S/C11H12N4O2S/c1-18(17)8-11(16)14-9-5-13-15(7-9)10-3-2-4-12-6-10/h2-7H,8H2,1H3,(H,14,16). The molecule has 0 fully saturated rings. The number of amides is 1. The third kappa shape index (κ3) is 3.24. The summed E-state index contributed by atoms with van der Waals surface area (Å²) in [7, 11) is -1.15. The molecule has 0 aliphatic rings. The van der Waals surface area contributed by atoms with Crippen molar-refractivity contribution in [1.82, 2.24) is 14.8 Å². The summed E-state index contributed by atoms with van der Waals surface area (Å²) in [5.41, 5.74) is 1.37. The van der Waals surface area contributed by atoms with E-state index in [2.05, 4.69) is 15.4 Å². The predicted octanol–water partition coefficient (Wildman–Crippen LogP) is 0.584. The average molecular weight is 264 g/mol. The Kier molecular flexibility index (Phi) is 3.83. The lowest BCUT2D eigenvalue weighted by Crippen LogP contribution is -2.18. The highest BCUT2D eigenvalue weighted by atomic mass is 32.2. The zero-order valence-electron chi connectivity index (χ0n) is 9.74. The fraction of sp³-hybridized carbons (Fsp3) is 0.182. The first-order chi connectivity index (χ1) is 8.65. The number of nitrogens with zero attached hydrogens (tertiary/aromatic N) is 3. The molecule has 2 aromatic rings. The lowest BCUT2D eigenvalue weighted by atomic mass is 10.4. The summed E-state index contributed by atoms with van der Waals surface area (Å²) in [4.78, 5) is 15.4. The molecule has 0 aliphatic carbocycles. The Hall–Kier alpha value is -2.02. The molecule has 0 saturated heterocycles. The molecule has 1 N–H and O–H groups in total. The normalized spacial score (nSPS) is 12.1. The molecule has 0 radical (unpaired) electrons. The molecule has 1 atom stereocenters. The van der Waals surface area contributed by atoms with Gasteiger partial charge in [0, 0.05) is 23.3 Å². The van der Waals surface area contributed by atoms with Crippen LogP contribution in [0, 0.1) is 0 Å². The maximum atomic E-state index is 11.4. The first kappa shape index (κ1) is 12.4. The van der Waals surface area contributed by atoms with Crippen molar-refractivity contribution < 1.29 is 9.00 Å². The van der Waals surface area contributed by atoms with E-state index in [1.165, 1.54) is 12.5 Å². The van der Waals surface area contributed by atoms with Gasteiger partial charge in [-0.05, 0) is 12.1 Å². The smallest absolute Gasteiger partial charge is 0.237 e. The molecular formula is C11H12N4O2S. The Morgan fingerprint density at radius 1 is 1.50 bits per heavy atom. The van der Waals surface area contributed by atoms with Crippen LogP contribution >= 0.6 is 0 Å². The Labute approximate surface area is 106 Å². The van der Waals surface area contributed by atoms with Crippen molar-refractivity contribution in [3.8, 4) is 5.69 Å². The molecule has 6 nitrogen and oxygen atoms in total. The van der Waals surface area contributed by atoms with E-state index < -0.39 is 10.8 Å². The Morgan fingerprint density at radius 3 is 3.00 bits per heavy atom. The highest BCUT2D eigenvalue weighted by Crippen LogP contribution is 2.10. The lowest BCUT2D eigenvalue weighted by Gasteiger charge is -2.00. The van der Waals surface area contributed by atoms with Crippen molar-refractivity contribution in [3.63, 3.8) is 0 Å². The molecule has 2 aromatic heterocycles. The SMILES string of the molecule is CS(=O)CC(=O)Nc1cnn(-c2cccnc2)c1. The van der Waals surface area contributed by atoms with Crippen LogP contribution in [0.4, 0.5) is 5.69 Å². The fourth-order valence-electron chi connectivity index (χ4n) is 1.40. The topological polar surface area (TPSA) is 76.9 Å². The second-order valence-corrected chi connectivity index (χ2v) is 5.09. The third-order valence-corrected chi connectivity index (χ3v) is 2.78. The maximum absolute atomic E-state index is 11.4. The molecule has 2 rings (SSSR count). The molecule has 2 heterocycles. The van der Waals surface area contributed by atoms with Crippen LogP contribution in [0.5, 0.6) is 0 Å². The van der Waals surface area contributed by atoms with Gasteiger partial charge in [0.05, 0.1) is 30.0 Å². The van der Waals surface area contributed by atoms with Gasteiger partial charge in [-0.1, -0.05) is 0 Å².